The highest BCUT2D eigenvalue weighted by molar-refractivity contribution is 6.64. The molecule has 2 aromatic carbocycles. The molecule has 2 saturated heterocycles. The number of aryl methyl sites for hydroxylation is 1. The van der Waals surface area contributed by atoms with Crippen molar-refractivity contribution in [2.24, 2.45) is 5.92 Å². The number of rotatable bonds is 4. The predicted octanol–water partition coefficient (Wildman–Crippen LogP) is 3.08. The van der Waals surface area contributed by atoms with E-state index < -0.39 is 11.2 Å². The summed E-state index contributed by atoms with van der Waals surface area (Å²) in [5.74, 6) is -0.441. The molecule has 0 aliphatic carbocycles. The summed E-state index contributed by atoms with van der Waals surface area (Å²) < 4.78 is 0. The average Bonchev–Trinajstić information content (AvgIpc) is 3.16. The molecule has 30 heavy (non-hydrogen) atoms. The lowest BCUT2D eigenvalue weighted by Crippen LogP contribution is -2.48. The third-order valence-electron chi connectivity index (χ3n) is 5.84. The van der Waals surface area contributed by atoms with E-state index in [1.54, 1.807) is 4.90 Å². The smallest absolute Gasteiger partial charge is 0.253 e. The van der Waals surface area contributed by atoms with E-state index in [9.17, 15) is 14.4 Å². The molecular weight excluding hydrogens is 402 g/mol. The Hall–Kier alpha value is -2.86. The minimum atomic E-state index is -0.458. The summed E-state index contributed by atoms with van der Waals surface area (Å²) in [5.41, 5.74) is 3.69. The number of anilines is 2. The highest BCUT2D eigenvalue weighted by atomic mass is 35.5. The van der Waals surface area contributed by atoms with E-state index in [1.807, 2.05) is 60.4 Å². The van der Waals surface area contributed by atoms with Gasteiger partial charge in [0.15, 0.2) is 0 Å². The molecular formula is C23H24ClN3O3. The number of hydrogen-bond donors (Lipinski definition) is 0. The molecule has 7 heteroatoms. The molecule has 0 saturated carbocycles. The summed E-state index contributed by atoms with van der Waals surface area (Å²) in [6, 6.07) is 15.4. The van der Waals surface area contributed by atoms with Gasteiger partial charge >= 0.3 is 0 Å². The number of benzene rings is 2. The molecule has 4 rings (SSSR count). The maximum Gasteiger partial charge on any atom is 0.253 e. The lowest BCUT2D eigenvalue weighted by molar-refractivity contribution is -0.120. The quantitative estimate of drug-likeness (QED) is 0.706. The maximum atomic E-state index is 12.7. The van der Waals surface area contributed by atoms with Gasteiger partial charge in [-0.05, 0) is 54.9 Å². The zero-order chi connectivity index (χ0) is 21.3. The fourth-order valence-electron chi connectivity index (χ4n) is 4.00. The van der Waals surface area contributed by atoms with Crippen LogP contribution in [-0.2, 0) is 9.59 Å². The molecule has 2 aliphatic rings. The second kappa shape index (κ2) is 8.48. The van der Waals surface area contributed by atoms with Crippen LogP contribution in [0.3, 0.4) is 0 Å². The molecule has 0 radical (unpaired) electrons. The van der Waals surface area contributed by atoms with Gasteiger partial charge in [-0.25, -0.2) is 0 Å². The zero-order valence-corrected chi connectivity index (χ0v) is 17.6. The molecule has 2 heterocycles. The Balaban J connectivity index is 1.36. The third kappa shape index (κ3) is 4.19. The van der Waals surface area contributed by atoms with Gasteiger partial charge in [-0.2, -0.15) is 0 Å². The predicted molar refractivity (Wildman–Crippen MR) is 117 cm³/mol. The second-order valence-electron chi connectivity index (χ2n) is 7.87. The SMILES string of the molecule is Cc1ccc(C(=O)N2CCN(c3ccc(N4C[C@@H](C(=O)Cl)CC4=O)cc3)CC2)cc1. The number of halogens is 1. The lowest BCUT2D eigenvalue weighted by atomic mass is 10.1. The van der Waals surface area contributed by atoms with Crippen LogP contribution in [0.15, 0.2) is 48.5 Å². The molecule has 2 aliphatic heterocycles. The van der Waals surface area contributed by atoms with Crippen LogP contribution >= 0.6 is 11.6 Å². The van der Waals surface area contributed by atoms with Crippen molar-refractivity contribution >= 4 is 40.0 Å². The van der Waals surface area contributed by atoms with E-state index in [0.717, 1.165) is 35.6 Å². The first-order valence-corrected chi connectivity index (χ1v) is 10.5. The van der Waals surface area contributed by atoms with Gasteiger partial charge in [-0.15, -0.1) is 0 Å². The Labute approximate surface area is 181 Å². The molecule has 0 N–H and O–H groups in total. The molecule has 0 bridgehead atoms. The van der Waals surface area contributed by atoms with Crippen molar-refractivity contribution in [1.82, 2.24) is 4.90 Å². The van der Waals surface area contributed by atoms with E-state index >= 15 is 0 Å². The van der Waals surface area contributed by atoms with Crippen LogP contribution in [0.5, 0.6) is 0 Å². The van der Waals surface area contributed by atoms with Crippen molar-refractivity contribution in [2.75, 3.05) is 42.5 Å². The van der Waals surface area contributed by atoms with Gasteiger partial charge in [0.2, 0.25) is 11.1 Å². The van der Waals surface area contributed by atoms with Crippen molar-refractivity contribution in [2.45, 2.75) is 13.3 Å². The molecule has 156 valence electrons. The largest absolute Gasteiger partial charge is 0.368 e. The van der Waals surface area contributed by atoms with Crippen molar-refractivity contribution in [3.05, 3.63) is 59.7 Å². The van der Waals surface area contributed by atoms with Crippen LogP contribution in [0.2, 0.25) is 0 Å². The van der Waals surface area contributed by atoms with E-state index in [2.05, 4.69) is 4.90 Å². The monoisotopic (exact) mass is 425 g/mol. The van der Waals surface area contributed by atoms with Crippen molar-refractivity contribution < 1.29 is 14.4 Å². The molecule has 2 fully saturated rings. The topological polar surface area (TPSA) is 60.9 Å². The summed E-state index contributed by atoms with van der Waals surface area (Å²) >= 11 is 5.56. The van der Waals surface area contributed by atoms with E-state index in [1.165, 1.54) is 0 Å². The first kappa shape index (κ1) is 20.4. The lowest BCUT2D eigenvalue weighted by Gasteiger charge is -2.36. The Morgan fingerprint density at radius 2 is 1.50 bits per heavy atom. The number of hydrogen-bond acceptors (Lipinski definition) is 4. The first-order chi connectivity index (χ1) is 14.4. The minimum Gasteiger partial charge on any atom is -0.368 e. The van der Waals surface area contributed by atoms with Gasteiger partial charge in [-0.1, -0.05) is 17.7 Å². The highest BCUT2D eigenvalue weighted by Gasteiger charge is 2.34. The Kier molecular flexibility index (Phi) is 5.77. The van der Waals surface area contributed by atoms with Crippen LogP contribution in [-0.4, -0.2) is 54.7 Å². The van der Waals surface area contributed by atoms with Crippen LogP contribution in [0.4, 0.5) is 11.4 Å². The van der Waals surface area contributed by atoms with Crippen LogP contribution in [0, 0.1) is 12.8 Å². The first-order valence-electron chi connectivity index (χ1n) is 10.1. The van der Waals surface area contributed by atoms with Crippen molar-refractivity contribution in [3.63, 3.8) is 0 Å². The number of piperazine rings is 1. The second-order valence-corrected chi connectivity index (χ2v) is 8.24. The number of amides is 2. The summed E-state index contributed by atoms with van der Waals surface area (Å²) in [5, 5.41) is -0.458. The van der Waals surface area contributed by atoms with Crippen molar-refractivity contribution in [3.8, 4) is 0 Å². The normalized spacial score (nSPS) is 19.3. The number of nitrogens with zero attached hydrogens (tertiary/aromatic N) is 3. The van der Waals surface area contributed by atoms with Gasteiger partial charge in [0.05, 0.1) is 5.92 Å². The average molecular weight is 426 g/mol. The Morgan fingerprint density at radius 3 is 2.07 bits per heavy atom. The number of carbonyl (C=O) groups excluding carboxylic acids is 3. The molecule has 2 aromatic rings. The summed E-state index contributed by atoms with van der Waals surface area (Å²) in [7, 11) is 0. The van der Waals surface area contributed by atoms with Gasteiger partial charge in [0.25, 0.3) is 5.91 Å². The van der Waals surface area contributed by atoms with E-state index in [4.69, 9.17) is 11.6 Å². The fourth-order valence-corrected chi connectivity index (χ4v) is 4.15. The molecule has 0 spiro atoms. The van der Waals surface area contributed by atoms with Crippen LogP contribution in [0.1, 0.15) is 22.3 Å². The Morgan fingerprint density at radius 1 is 0.900 bits per heavy atom. The Bertz CT molecular complexity index is 951. The van der Waals surface area contributed by atoms with Crippen LogP contribution in [0.25, 0.3) is 0 Å². The highest BCUT2D eigenvalue weighted by Crippen LogP contribution is 2.28. The van der Waals surface area contributed by atoms with E-state index in [-0.39, 0.29) is 18.2 Å². The van der Waals surface area contributed by atoms with Gasteiger partial charge in [0.1, 0.15) is 0 Å². The number of carbonyl (C=O) groups is 3. The summed E-state index contributed by atoms with van der Waals surface area (Å²) in [4.78, 5) is 42.0. The van der Waals surface area contributed by atoms with E-state index in [0.29, 0.717) is 19.6 Å². The van der Waals surface area contributed by atoms with Gasteiger partial charge in [-0.3, -0.25) is 14.4 Å². The maximum absolute atomic E-state index is 12.7. The summed E-state index contributed by atoms with van der Waals surface area (Å²) in [6.07, 6.45) is 0.168. The standard InChI is InChI=1S/C23H24ClN3O3/c1-16-2-4-17(5-3-16)23(30)26-12-10-25(11-13-26)19-6-8-20(9-7-19)27-15-18(22(24)29)14-21(27)28/h2-9,18H,10-15H2,1H3/t18-/m0/s1. The summed E-state index contributed by atoms with van der Waals surface area (Å²) in [6.45, 7) is 5.18. The van der Waals surface area contributed by atoms with Gasteiger partial charge < -0.3 is 14.7 Å². The zero-order valence-electron chi connectivity index (χ0n) is 16.9. The fraction of sp³-hybridized carbons (Fsp3) is 0.348. The minimum absolute atomic E-state index is 0.0703. The van der Waals surface area contributed by atoms with Gasteiger partial charge in [0, 0.05) is 56.1 Å². The molecule has 0 unspecified atom stereocenters. The third-order valence-corrected chi connectivity index (χ3v) is 6.15. The molecule has 0 aromatic heterocycles. The molecule has 2 amide bonds. The molecule has 6 nitrogen and oxygen atoms in total. The van der Waals surface area contributed by atoms with Crippen molar-refractivity contribution in [1.29, 1.82) is 0 Å². The van der Waals surface area contributed by atoms with Crippen LogP contribution < -0.4 is 9.80 Å². The molecule has 1 atom stereocenters.